The Morgan fingerprint density at radius 1 is 0.235 bits per heavy atom. The van der Waals surface area contributed by atoms with Gasteiger partial charge in [-0.05, 0) is 170 Å². The van der Waals surface area contributed by atoms with E-state index in [0.29, 0.717) is 22.3 Å². The average Bonchev–Trinajstić information content (AvgIpc) is 0.801. The van der Waals surface area contributed by atoms with Gasteiger partial charge in [0.25, 0.3) is 0 Å². The van der Waals surface area contributed by atoms with Crippen molar-refractivity contribution in [3.63, 3.8) is 0 Å². The van der Waals surface area contributed by atoms with E-state index in [1.54, 1.807) is 24.9 Å². The molecule has 2 aliphatic carbocycles. The Morgan fingerprint density at radius 2 is 0.378 bits per heavy atom. The average molecular weight is 1670 g/mol. The van der Waals surface area contributed by atoms with E-state index in [9.17, 15) is 20.4 Å². The first-order chi connectivity index (χ1) is 53.4. The van der Waals surface area contributed by atoms with Crippen LogP contribution >= 0.6 is 0 Å². The molecular weight excluding hydrogens is 1530 g/mol. The third-order valence-electron chi connectivity index (χ3n) is 20.9. The zero-order valence-corrected chi connectivity index (χ0v) is 81.9. The molecule has 12 heteroatoms. The molecule has 0 radical (unpaired) electrons. The Balaban J connectivity index is 0.000000819. The van der Waals surface area contributed by atoms with Gasteiger partial charge < -0.3 is 31.4 Å². The summed E-state index contributed by atoms with van der Waals surface area (Å²) in [7, 11) is 0. The zero-order chi connectivity index (χ0) is 86.1. The van der Waals surface area contributed by atoms with Gasteiger partial charge in [-0.1, -0.05) is 443 Å². The number of aryl methyl sites for hydroxylation is 5. The van der Waals surface area contributed by atoms with E-state index in [4.69, 9.17) is 20.0 Å². The number of rotatable bonds is 8. The molecule has 9 aromatic carbocycles. The second-order valence-electron chi connectivity index (χ2n) is 40.0. The fourth-order valence-corrected chi connectivity index (χ4v) is 13.2. The van der Waals surface area contributed by atoms with Crippen molar-refractivity contribution in [1.82, 2.24) is 0 Å². The molecule has 0 amide bonds. The summed E-state index contributed by atoms with van der Waals surface area (Å²) in [5.41, 5.74) is 15.8. The fraction of sp³-hybridized carbons (Fsp3) is 0.458. The molecular formula is C107H146N4O6Sc2. The Kier molecular flexibility index (Phi) is 45.1. The van der Waals surface area contributed by atoms with E-state index in [0.717, 1.165) is 95.9 Å². The summed E-state index contributed by atoms with van der Waals surface area (Å²) in [5.74, 6) is 0.240. The molecule has 0 bridgehead atoms. The second kappa shape index (κ2) is 49.0. The van der Waals surface area contributed by atoms with Gasteiger partial charge in [0.05, 0.1) is 24.2 Å². The van der Waals surface area contributed by atoms with Crippen molar-refractivity contribution in [2.24, 2.45) is 20.0 Å². The van der Waals surface area contributed by atoms with Gasteiger partial charge in [-0.3, -0.25) is 20.0 Å². The summed E-state index contributed by atoms with van der Waals surface area (Å²) >= 11 is 0. The van der Waals surface area contributed by atoms with Crippen molar-refractivity contribution >= 4 is 24.9 Å². The molecule has 119 heavy (non-hydrogen) atoms. The second-order valence-corrected chi connectivity index (χ2v) is 40.0. The third kappa shape index (κ3) is 37.4. The van der Waals surface area contributed by atoms with E-state index in [2.05, 4.69) is 286 Å². The summed E-state index contributed by atoms with van der Waals surface area (Å²) < 4.78 is 0. The molecule has 4 atom stereocenters. The normalized spacial score (nSPS) is 15.7. The maximum Gasteiger partial charge on any atom is 3.00 e. The molecule has 0 unspecified atom stereocenters. The Hall–Kier alpha value is -7.48. The third-order valence-corrected chi connectivity index (χ3v) is 20.9. The quantitative estimate of drug-likeness (QED) is 0.135. The Labute approximate surface area is 759 Å². The molecule has 10 nitrogen and oxygen atoms in total. The van der Waals surface area contributed by atoms with Crippen molar-refractivity contribution < 1.29 is 83.1 Å². The Bertz CT molecular complexity index is 3940. The van der Waals surface area contributed by atoms with Gasteiger partial charge in [-0.15, -0.1) is 0 Å². The minimum Gasteiger partial charge on any atom is -0.872 e. The predicted molar refractivity (Wildman–Crippen MR) is 495 cm³/mol. The maximum atomic E-state index is 13.5. The van der Waals surface area contributed by atoms with E-state index in [1.807, 2.05) is 115 Å². The topological polar surface area (TPSA) is 202 Å². The van der Waals surface area contributed by atoms with Crippen LogP contribution in [0.3, 0.4) is 0 Å². The van der Waals surface area contributed by atoms with Crippen LogP contribution in [0.2, 0.25) is 0 Å². The molecule has 9 aromatic rings. The van der Waals surface area contributed by atoms with Crippen LogP contribution in [-0.2, 0) is 95.0 Å². The minimum atomic E-state index is -0.248. The number of hydrogen-bond donors (Lipinski definition) is 0. The minimum absolute atomic E-state index is 0. The standard InChI is InChI=1S/2C36H54N2O2.5C7H8.2H2O.2Sc/c2*1-33(2,3)25-17-23(31(39)27(19-25)35(7,8)9)21-37-29-15-13-14-16-30(29)38-22-24-18-26(34(4,5)6)20-28(32(24)40)36(10,11)12;5*1-7-5-3-2-4-6-7;;;;/h2*17-22,29-30,39-40H,13-16H2,1-12H3;5*2-6H,1H3;2*1H2;;/q;;;;;;;;;2*+3/p-6/t2*29-,30-;;;;;;;;;/m11........./s1. The first-order valence-corrected chi connectivity index (χ1v) is 42.0. The summed E-state index contributed by atoms with van der Waals surface area (Å²) in [5, 5.41) is 53.9. The van der Waals surface area contributed by atoms with Gasteiger partial charge in [0.1, 0.15) is 0 Å². The molecule has 636 valence electrons. The summed E-state index contributed by atoms with van der Waals surface area (Å²) in [6.45, 7) is 61.6. The molecule has 0 saturated heterocycles. The molecule has 2 fully saturated rings. The fourth-order valence-electron chi connectivity index (χ4n) is 13.2. The summed E-state index contributed by atoms with van der Waals surface area (Å²) in [6.07, 6.45) is 15.3. The van der Waals surface area contributed by atoms with Gasteiger partial charge in [-0.25, -0.2) is 0 Å². The van der Waals surface area contributed by atoms with Gasteiger partial charge in [0.2, 0.25) is 0 Å². The van der Waals surface area contributed by atoms with E-state index in [-0.39, 0.29) is 153 Å². The van der Waals surface area contributed by atoms with Crippen LogP contribution in [-0.4, -0.2) is 60.0 Å². The molecule has 0 heterocycles. The Morgan fingerprint density at radius 3 is 0.487 bits per heavy atom. The SMILES string of the molecule is CC(C)(C)c1cc(C=N[C@@H]2CCCC[C@H]2N=Cc2cc(C(C)(C)C)cc(C(C)(C)C)c2[O-])c([O-])c(C(C)(C)C)c1.CC(C)(C)c1cc(C=N[C@@H]2CCCC[C@H]2N=Cc2cc(C(C)(C)C)cc(C(C)(C)C)c2[O-])c([O-])c(C(C)(C)C)c1.Cc1ccccc1.Cc1ccccc1.Cc1ccccc1.Cc1ccccc1.Cc1ccccc1.[OH-].[OH-].[Sc+3].[Sc+3]. The van der Waals surface area contributed by atoms with Gasteiger partial charge >= 0.3 is 51.7 Å². The van der Waals surface area contributed by atoms with E-state index in [1.165, 1.54) is 27.8 Å². The van der Waals surface area contributed by atoms with Crippen molar-refractivity contribution in [3.05, 3.63) is 295 Å². The predicted octanol–water partition coefficient (Wildman–Crippen LogP) is 25.4. The van der Waals surface area contributed by atoms with Crippen molar-refractivity contribution in [2.45, 2.75) is 320 Å². The molecule has 2 N–H and O–H groups in total. The van der Waals surface area contributed by atoms with Gasteiger partial charge in [0, 0.05) is 24.9 Å². The van der Waals surface area contributed by atoms with Crippen LogP contribution in [0.5, 0.6) is 23.0 Å². The molecule has 2 saturated carbocycles. The largest absolute Gasteiger partial charge is 3.00 e. The first kappa shape index (κ1) is 110. The van der Waals surface area contributed by atoms with Crippen LogP contribution < -0.4 is 20.4 Å². The van der Waals surface area contributed by atoms with Crippen LogP contribution in [0.1, 0.15) is 312 Å². The molecule has 2 aliphatic rings. The summed E-state index contributed by atoms with van der Waals surface area (Å²) in [4.78, 5) is 19.9. The molecule has 11 rings (SSSR count). The smallest absolute Gasteiger partial charge is 0.872 e. The van der Waals surface area contributed by atoms with Crippen molar-refractivity contribution in [2.75, 3.05) is 0 Å². The van der Waals surface area contributed by atoms with Crippen LogP contribution in [0, 0.1) is 34.6 Å². The first-order valence-electron chi connectivity index (χ1n) is 42.0. The van der Waals surface area contributed by atoms with Crippen molar-refractivity contribution in [1.29, 1.82) is 0 Å². The van der Waals surface area contributed by atoms with Crippen molar-refractivity contribution in [3.8, 4) is 23.0 Å². The number of nitrogens with zero attached hydrogens (tertiary/aromatic N) is 4. The zero-order valence-electron chi connectivity index (χ0n) is 78.3. The van der Waals surface area contributed by atoms with Crippen LogP contribution in [0.15, 0.2) is 220 Å². The molecule has 0 aromatic heterocycles. The molecule has 0 aliphatic heterocycles. The maximum absolute atomic E-state index is 13.5. The number of hydrogen-bond acceptors (Lipinski definition) is 10. The van der Waals surface area contributed by atoms with Crippen LogP contribution in [0.25, 0.3) is 0 Å². The van der Waals surface area contributed by atoms with Gasteiger partial charge in [-0.2, -0.15) is 0 Å². The monoisotopic (exact) mass is 1670 g/mol. The van der Waals surface area contributed by atoms with E-state index >= 15 is 0 Å². The number of benzene rings is 9. The molecule has 0 spiro atoms. The summed E-state index contributed by atoms with van der Waals surface area (Å²) in [6, 6.07) is 67.6. The van der Waals surface area contributed by atoms with E-state index < -0.39 is 0 Å². The number of aliphatic imine (C=N–C) groups is 4. The van der Waals surface area contributed by atoms with Crippen LogP contribution in [0.4, 0.5) is 0 Å². The van der Waals surface area contributed by atoms with Gasteiger partial charge in [0.15, 0.2) is 0 Å².